The summed E-state index contributed by atoms with van der Waals surface area (Å²) in [5.41, 5.74) is 10.1. The predicted molar refractivity (Wildman–Crippen MR) is 81.9 cm³/mol. The van der Waals surface area contributed by atoms with Gasteiger partial charge in [-0.1, -0.05) is 20.8 Å². The zero-order chi connectivity index (χ0) is 17.9. The molecule has 0 bridgehead atoms. The van der Waals surface area contributed by atoms with E-state index in [4.69, 9.17) is 16.2 Å². The first kappa shape index (κ1) is 19.1. The van der Waals surface area contributed by atoms with Gasteiger partial charge in [0.2, 0.25) is 17.7 Å². The topological polar surface area (TPSA) is 133 Å². The second-order valence-corrected chi connectivity index (χ2v) is 6.66. The molecule has 1 saturated heterocycles. The molecule has 0 aromatic heterocycles. The van der Waals surface area contributed by atoms with Crippen molar-refractivity contribution in [1.82, 2.24) is 4.90 Å². The van der Waals surface area contributed by atoms with Crippen LogP contribution in [0.1, 0.15) is 33.6 Å². The molecule has 0 radical (unpaired) electrons. The fraction of sp³-hybridized carbons (Fsp3) is 0.733. The molecule has 23 heavy (non-hydrogen) atoms. The van der Waals surface area contributed by atoms with E-state index in [9.17, 15) is 19.2 Å². The van der Waals surface area contributed by atoms with E-state index in [0.29, 0.717) is 6.42 Å². The first-order valence-electron chi connectivity index (χ1n) is 7.47. The Balaban J connectivity index is 2.72. The van der Waals surface area contributed by atoms with Crippen LogP contribution in [0.15, 0.2) is 0 Å². The summed E-state index contributed by atoms with van der Waals surface area (Å²) in [5.74, 6) is -2.26. The van der Waals surface area contributed by atoms with Crippen LogP contribution in [0.5, 0.6) is 0 Å². The smallest absolute Gasteiger partial charge is 0.249 e. The van der Waals surface area contributed by atoms with Crippen molar-refractivity contribution in [2.24, 2.45) is 22.8 Å². The first-order valence-corrected chi connectivity index (χ1v) is 7.47. The van der Waals surface area contributed by atoms with Gasteiger partial charge < -0.3 is 21.1 Å². The monoisotopic (exact) mass is 327 g/mol. The summed E-state index contributed by atoms with van der Waals surface area (Å²) in [4.78, 5) is 48.0. The molecule has 1 heterocycles. The summed E-state index contributed by atoms with van der Waals surface area (Å²) in [6.07, 6.45) is -0.575. The highest BCUT2D eigenvalue weighted by molar-refractivity contribution is 5.98. The van der Waals surface area contributed by atoms with E-state index in [1.807, 2.05) is 13.8 Å². The third-order valence-corrected chi connectivity index (χ3v) is 4.70. The van der Waals surface area contributed by atoms with Crippen molar-refractivity contribution in [3.8, 4) is 0 Å². The van der Waals surface area contributed by atoms with Crippen LogP contribution in [-0.2, 0) is 23.9 Å². The Bertz CT molecular complexity index is 517. The van der Waals surface area contributed by atoms with Crippen LogP contribution in [0.2, 0.25) is 0 Å². The van der Waals surface area contributed by atoms with Crippen LogP contribution in [0.4, 0.5) is 0 Å². The van der Waals surface area contributed by atoms with Gasteiger partial charge in [-0.25, -0.2) is 0 Å². The van der Waals surface area contributed by atoms with Crippen molar-refractivity contribution in [2.45, 2.75) is 45.8 Å². The summed E-state index contributed by atoms with van der Waals surface area (Å²) in [7, 11) is 1.44. The molecule has 3 amide bonds. The Morgan fingerprint density at radius 1 is 1.35 bits per heavy atom. The van der Waals surface area contributed by atoms with Crippen LogP contribution in [0, 0.1) is 11.3 Å². The standard InChI is InChI=1S/C15H25N3O5/c1-8(13(16)21)15(2,3)6-5-10(20)18(4)11-9(19)7-23-12(11)14(17)22/h8,11-12H,5-7H2,1-4H3,(H2,16,21)(H2,17,22). The Hall–Kier alpha value is -1.96. The van der Waals surface area contributed by atoms with Gasteiger partial charge in [-0.3, -0.25) is 19.2 Å². The number of carbonyl (C=O) groups excluding carboxylic acids is 4. The summed E-state index contributed by atoms with van der Waals surface area (Å²) >= 11 is 0. The number of ketones is 1. The van der Waals surface area contributed by atoms with Gasteiger partial charge in [0.05, 0.1) is 0 Å². The number of primary amides is 2. The minimum absolute atomic E-state index is 0.121. The van der Waals surface area contributed by atoms with Crippen molar-refractivity contribution >= 4 is 23.5 Å². The third-order valence-electron chi connectivity index (χ3n) is 4.70. The SMILES string of the molecule is CC(C(N)=O)C(C)(C)CCC(=O)N(C)C1C(=O)COC1C(N)=O. The molecule has 0 aliphatic carbocycles. The zero-order valence-corrected chi connectivity index (χ0v) is 14.0. The summed E-state index contributed by atoms with van der Waals surface area (Å²) < 4.78 is 5.05. The molecule has 3 unspecified atom stereocenters. The van der Waals surface area contributed by atoms with E-state index in [1.165, 1.54) is 11.9 Å². The van der Waals surface area contributed by atoms with Gasteiger partial charge in [0.25, 0.3) is 0 Å². The molecular formula is C15H25N3O5. The van der Waals surface area contributed by atoms with E-state index in [0.717, 1.165) is 0 Å². The average molecular weight is 327 g/mol. The fourth-order valence-electron chi connectivity index (χ4n) is 2.54. The van der Waals surface area contributed by atoms with Gasteiger partial charge >= 0.3 is 0 Å². The molecule has 4 N–H and O–H groups in total. The van der Waals surface area contributed by atoms with Crippen molar-refractivity contribution in [3.63, 3.8) is 0 Å². The normalized spacial score (nSPS) is 22.7. The summed E-state index contributed by atoms with van der Waals surface area (Å²) in [6.45, 7) is 5.19. The van der Waals surface area contributed by atoms with E-state index >= 15 is 0 Å². The maximum absolute atomic E-state index is 12.3. The van der Waals surface area contributed by atoms with Crippen molar-refractivity contribution in [3.05, 3.63) is 0 Å². The van der Waals surface area contributed by atoms with Crippen LogP contribution in [-0.4, -0.2) is 54.2 Å². The number of amides is 3. The summed E-state index contributed by atoms with van der Waals surface area (Å²) in [6, 6.07) is -0.989. The van der Waals surface area contributed by atoms with Crippen LogP contribution in [0.25, 0.3) is 0 Å². The molecule has 8 nitrogen and oxygen atoms in total. The minimum Gasteiger partial charge on any atom is -0.369 e. The number of nitrogens with two attached hydrogens (primary N) is 2. The lowest BCUT2D eigenvalue weighted by atomic mass is 9.76. The number of hydrogen-bond donors (Lipinski definition) is 2. The van der Waals surface area contributed by atoms with Gasteiger partial charge in [-0.05, 0) is 11.8 Å². The predicted octanol–water partition coefficient (Wildman–Crippen LogP) is -0.806. The molecule has 1 aliphatic heterocycles. The molecule has 1 rings (SSSR count). The molecule has 3 atom stereocenters. The van der Waals surface area contributed by atoms with Crippen LogP contribution in [0.3, 0.4) is 0 Å². The van der Waals surface area contributed by atoms with Gasteiger partial charge in [-0.2, -0.15) is 0 Å². The van der Waals surface area contributed by atoms with Crippen molar-refractivity contribution < 1.29 is 23.9 Å². The van der Waals surface area contributed by atoms with Gasteiger partial charge in [0.15, 0.2) is 11.9 Å². The largest absolute Gasteiger partial charge is 0.369 e. The van der Waals surface area contributed by atoms with E-state index < -0.39 is 35.3 Å². The van der Waals surface area contributed by atoms with Gasteiger partial charge in [-0.15, -0.1) is 0 Å². The lowest BCUT2D eigenvalue weighted by Gasteiger charge is -2.31. The maximum Gasteiger partial charge on any atom is 0.249 e. The number of likely N-dealkylation sites (N-methyl/N-ethyl adjacent to an activating group) is 1. The molecule has 1 aliphatic rings. The highest BCUT2D eigenvalue weighted by atomic mass is 16.5. The Labute approximate surface area is 135 Å². The highest BCUT2D eigenvalue weighted by Gasteiger charge is 2.44. The number of nitrogens with zero attached hydrogens (tertiary/aromatic N) is 1. The zero-order valence-electron chi connectivity index (χ0n) is 14.0. The molecule has 0 saturated carbocycles. The minimum atomic E-state index is -1.12. The van der Waals surface area contributed by atoms with E-state index in [1.54, 1.807) is 6.92 Å². The second-order valence-electron chi connectivity index (χ2n) is 6.66. The summed E-state index contributed by atoms with van der Waals surface area (Å²) in [5, 5.41) is 0. The quantitative estimate of drug-likeness (QED) is 0.631. The molecule has 8 heteroatoms. The van der Waals surface area contributed by atoms with Crippen molar-refractivity contribution in [2.75, 3.05) is 13.7 Å². The number of rotatable bonds is 7. The second kappa shape index (κ2) is 7.08. The van der Waals surface area contributed by atoms with Gasteiger partial charge in [0, 0.05) is 19.4 Å². The average Bonchev–Trinajstić information content (AvgIpc) is 2.84. The Morgan fingerprint density at radius 2 is 1.91 bits per heavy atom. The Kier molecular flexibility index (Phi) is 5.87. The fourth-order valence-corrected chi connectivity index (χ4v) is 2.54. The van der Waals surface area contributed by atoms with E-state index in [2.05, 4.69) is 0 Å². The van der Waals surface area contributed by atoms with Gasteiger partial charge in [0.1, 0.15) is 12.6 Å². The maximum atomic E-state index is 12.3. The van der Waals surface area contributed by atoms with Crippen molar-refractivity contribution in [1.29, 1.82) is 0 Å². The number of Topliss-reactive ketones (excluding diaryl/α,β-unsaturated/α-hetero) is 1. The molecule has 0 aromatic carbocycles. The van der Waals surface area contributed by atoms with E-state index in [-0.39, 0.29) is 24.7 Å². The Morgan fingerprint density at radius 3 is 2.39 bits per heavy atom. The van der Waals surface area contributed by atoms with Crippen LogP contribution < -0.4 is 11.5 Å². The lowest BCUT2D eigenvalue weighted by Crippen LogP contribution is -2.50. The molecule has 0 spiro atoms. The number of hydrogen-bond acceptors (Lipinski definition) is 5. The molecular weight excluding hydrogens is 302 g/mol. The lowest BCUT2D eigenvalue weighted by molar-refractivity contribution is -0.140. The molecule has 1 fully saturated rings. The molecule has 130 valence electrons. The number of ether oxygens (including phenoxy) is 1. The molecule has 0 aromatic rings. The third kappa shape index (κ3) is 4.28. The highest BCUT2D eigenvalue weighted by Crippen LogP contribution is 2.32. The number of carbonyl (C=O) groups is 4. The first-order chi connectivity index (χ1) is 10.5. The van der Waals surface area contributed by atoms with Crippen LogP contribution >= 0.6 is 0 Å².